The maximum atomic E-state index is 12.9. The number of nitrogens with zero attached hydrogens (tertiary/aromatic N) is 2. The number of carbonyl (C=O) groups excluding carboxylic acids is 1. The lowest BCUT2D eigenvalue weighted by atomic mass is 10.1. The molecule has 2 aromatic rings. The highest BCUT2D eigenvalue weighted by Crippen LogP contribution is 2.27. The number of halogens is 1. The minimum atomic E-state index is -0.114. The molecule has 0 aliphatic carbocycles. The second-order valence-electron chi connectivity index (χ2n) is 7.67. The topological polar surface area (TPSA) is 44.8 Å². The van der Waals surface area contributed by atoms with Crippen LogP contribution < -0.4 is 10.1 Å². The molecule has 0 aromatic heterocycles. The summed E-state index contributed by atoms with van der Waals surface area (Å²) in [5.74, 6) is 0.504. The molecule has 3 rings (SSSR count). The van der Waals surface area contributed by atoms with Crippen LogP contribution in [0.25, 0.3) is 0 Å². The van der Waals surface area contributed by atoms with Crippen molar-refractivity contribution in [2.75, 3.05) is 46.9 Å². The molecule has 2 aromatic carbocycles. The molecule has 0 radical (unpaired) electrons. The fourth-order valence-electron chi connectivity index (χ4n) is 3.63. The van der Waals surface area contributed by atoms with E-state index in [1.807, 2.05) is 61.5 Å². The molecule has 156 valence electrons. The summed E-state index contributed by atoms with van der Waals surface area (Å²) in [6.45, 7) is 3.94. The first-order chi connectivity index (χ1) is 14.0. The molecule has 1 aliphatic rings. The summed E-state index contributed by atoms with van der Waals surface area (Å²) in [5, 5.41) is 3.84. The maximum Gasteiger partial charge on any atom is 0.255 e. The van der Waals surface area contributed by atoms with Crippen LogP contribution in [0.4, 0.5) is 0 Å². The second kappa shape index (κ2) is 10.6. The van der Waals surface area contributed by atoms with Crippen LogP contribution in [-0.2, 0) is 0 Å². The van der Waals surface area contributed by atoms with Gasteiger partial charge in [0, 0.05) is 18.1 Å². The zero-order chi connectivity index (χ0) is 20.6. The molecule has 0 spiro atoms. The first kappa shape index (κ1) is 21.6. The normalized spacial score (nSPS) is 15.4. The highest BCUT2D eigenvalue weighted by molar-refractivity contribution is 6.30. The monoisotopic (exact) mass is 415 g/mol. The Morgan fingerprint density at radius 3 is 2.66 bits per heavy atom. The van der Waals surface area contributed by atoms with Gasteiger partial charge >= 0.3 is 0 Å². The van der Waals surface area contributed by atoms with Crippen molar-refractivity contribution in [2.24, 2.45) is 0 Å². The van der Waals surface area contributed by atoms with Crippen molar-refractivity contribution in [1.82, 2.24) is 15.1 Å². The number of rotatable bonds is 9. The molecule has 6 heteroatoms. The van der Waals surface area contributed by atoms with Crippen LogP contribution in [0, 0.1) is 0 Å². The first-order valence-corrected chi connectivity index (χ1v) is 10.6. The van der Waals surface area contributed by atoms with Gasteiger partial charge in [-0.25, -0.2) is 0 Å². The van der Waals surface area contributed by atoms with E-state index >= 15 is 0 Å². The van der Waals surface area contributed by atoms with Gasteiger partial charge < -0.3 is 15.0 Å². The van der Waals surface area contributed by atoms with Gasteiger partial charge in [-0.05, 0) is 69.9 Å². The molecule has 1 N–H and O–H groups in total. The summed E-state index contributed by atoms with van der Waals surface area (Å²) in [6, 6.07) is 15.5. The number of amides is 1. The van der Waals surface area contributed by atoms with Gasteiger partial charge in [0.25, 0.3) is 5.91 Å². The Bertz CT molecular complexity index is 806. The molecule has 1 atom stereocenters. The largest absolute Gasteiger partial charge is 0.491 e. The third-order valence-electron chi connectivity index (χ3n) is 5.20. The number of likely N-dealkylation sites (N-methyl/N-ethyl adjacent to an activating group) is 1. The Balaban J connectivity index is 1.69. The number of para-hydroxylation sites is 1. The van der Waals surface area contributed by atoms with E-state index in [-0.39, 0.29) is 11.9 Å². The standard InChI is InChI=1S/C23H30ClN3O2/c1-26(2)14-15-29-22-11-4-3-10-20(22)23(28)25-17-21(27-12-5-6-13-27)18-8-7-9-19(24)16-18/h3-4,7-11,16,21H,5-6,12-15,17H2,1-2H3,(H,25,28). The Morgan fingerprint density at radius 1 is 1.17 bits per heavy atom. The fourth-order valence-corrected chi connectivity index (χ4v) is 3.83. The molecular formula is C23H30ClN3O2. The van der Waals surface area contributed by atoms with E-state index in [0.717, 1.165) is 30.2 Å². The van der Waals surface area contributed by atoms with Crippen molar-refractivity contribution in [1.29, 1.82) is 0 Å². The number of benzene rings is 2. The molecule has 0 bridgehead atoms. The number of hydrogen-bond donors (Lipinski definition) is 1. The molecule has 1 amide bonds. The molecule has 5 nitrogen and oxygen atoms in total. The van der Waals surface area contributed by atoms with Gasteiger partial charge in [-0.1, -0.05) is 35.9 Å². The van der Waals surface area contributed by atoms with Crippen LogP contribution in [0.3, 0.4) is 0 Å². The third-order valence-corrected chi connectivity index (χ3v) is 5.43. The van der Waals surface area contributed by atoms with Crippen molar-refractivity contribution in [3.63, 3.8) is 0 Å². The minimum absolute atomic E-state index is 0.113. The Kier molecular flexibility index (Phi) is 7.92. The lowest BCUT2D eigenvalue weighted by molar-refractivity contribution is 0.0933. The summed E-state index contributed by atoms with van der Waals surface area (Å²) < 4.78 is 5.85. The van der Waals surface area contributed by atoms with Gasteiger partial charge in [-0.3, -0.25) is 9.69 Å². The Hall–Kier alpha value is -2.08. The number of likely N-dealkylation sites (tertiary alicyclic amines) is 1. The van der Waals surface area contributed by atoms with E-state index < -0.39 is 0 Å². The van der Waals surface area contributed by atoms with E-state index in [2.05, 4.69) is 16.3 Å². The van der Waals surface area contributed by atoms with Crippen LogP contribution in [0.2, 0.25) is 5.02 Å². The van der Waals surface area contributed by atoms with Crippen molar-refractivity contribution in [3.05, 3.63) is 64.7 Å². The summed E-state index contributed by atoms with van der Waals surface area (Å²) in [5.41, 5.74) is 1.70. The molecule has 1 fully saturated rings. The van der Waals surface area contributed by atoms with Crippen LogP contribution in [-0.4, -0.2) is 62.6 Å². The lowest BCUT2D eigenvalue weighted by Crippen LogP contribution is -2.37. The maximum absolute atomic E-state index is 12.9. The number of hydrogen-bond acceptors (Lipinski definition) is 4. The van der Waals surface area contributed by atoms with Gasteiger partial charge in [0.1, 0.15) is 12.4 Å². The molecule has 29 heavy (non-hydrogen) atoms. The fraction of sp³-hybridized carbons (Fsp3) is 0.435. The Morgan fingerprint density at radius 2 is 1.93 bits per heavy atom. The molecular weight excluding hydrogens is 386 g/mol. The van der Waals surface area contributed by atoms with Crippen LogP contribution >= 0.6 is 11.6 Å². The average Bonchev–Trinajstić information content (AvgIpc) is 3.23. The highest BCUT2D eigenvalue weighted by atomic mass is 35.5. The van der Waals surface area contributed by atoms with E-state index in [0.29, 0.717) is 24.5 Å². The van der Waals surface area contributed by atoms with E-state index in [1.165, 1.54) is 12.8 Å². The smallest absolute Gasteiger partial charge is 0.255 e. The van der Waals surface area contributed by atoms with E-state index in [9.17, 15) is 4.79 Å². The second-order valence-corrected chi connectivity index (χ2v) is 8.11. The molecule has 1 unspecified atom stereocenters. The van der Waals surface area contributed by atoms with Gasteiger partial charge in [0.15, 0.2) is 0 Å². The predicted molar refractivity (Wildman–Crippen MR) is 118 cm³/mol. The van der Waals surface area contributed by atoms with Crippen molar-refractivity contribution in [2.45, 2.75) is 18.9 Å². The average molecular weight is 416 g/mol. The number of carbonyl (C=O) groups is 1. The summed E-state index contributed by atoms with van der Waals surface area (Å²) in [4.78, 5) is 17.4. The van der Waals surface area contributed by atoms with Gasteiger partial charge in [-0.15, -0.1) is 0 Å². The van der Waals surface area contributed by atoms with Crippen molar-refractivity contribution >= 4 is 17.5 Å². The highest BCUT2D eigenvalue weighted by Gasteiger charge is 2.24. The van der Waals surface area contributed by atoms with Gasteiger partial charge in [0.05, 0.1) is 11.6 Å². The molecule has 0 saturated carbocycles. The summed E-state index contributed by atoms with van der Waals surface area (Å²) in [6.07, 6.45) is 2.38. The SMILES string of the molecule is CN(C)CCOc1ccccc1C(=O)NCC(c1cccc(Cl)c1)N1CCCC1. The van der Waals surface area contributed by atoms with Gasteiger partial charge in [-0.2, -0.15) is 0 Å². The van der Waals surface area contributed by atoms with E-state index in [1.54, 1.807) is 0 Å². The zero-order valence-electron chi connectivity index (χ0n) is 17.2. The lowest BCUT2D eigenvalue weighted by Gasteiger charge is -2.28. The predicted octanol–water partition coefficient (Wildman–Crippen LogP) is 3.85. The third kappa shape index (κ3) is 6.20. The molecule has 1 saturated heterocycles. The zero-order valence-corrected chi connectivity index (χ0v) is 18.0. The van der Waals surface area contributed by atoms with E-state index in [4.69, 9.17) is 16.3 Å². The van der Waals surface area contributed by atoms with Crippen molar-refractivity contribution < 1.29 is 9.53 Å². The quantitative estimate of drug-likeness (QED) is 0.675. The summed E-state index contributed by atoms with van der Waals surface area (Å²) in [7, 11) is 3.99. The van der Waals surface area contributed by atoms with Crippen LogP contribution in [0.15, 0.2) is 48.5 Å². The van der Waals surface area contributed by atoms with Crippen molar-refractivity contribution in [3.8, 4) is 5.75 Å². The van der Waals surface area contributed by atoms with Crippen LogP contribution in [0.1, 0.15) is 34.8 Å². The Labute approximate surface area is 178 Å². The first-order valence-electron chi connectivity index (χ1n) is 10.2. The van der Waals surface area contributed by atoms with Crippen LogP contribution in [0.5, 0.6) is 5.75 Å². The van der Waals surface area contributed by atoms with Gasteiger partial charge in [0.2, 0.25) is 0 Å². The molecule has 1 heterocycles. The number of nitrogens with one attached hydrogen (secondary N) is 1. The summed E-state index contributed by atoms with van der Waals surface area (Å²) >= 11 is 6.22. The minimum Gasteiger partial charge on any atom is -0.491 e. The molecule has 1 aliphatic heterocycles. The number of ether oxygens (including phenoxy) is 1.